The van der Waals surface area contributed by atoms with Gasteiger partial charge in [-0.1, -0.05) is 25.2 Å². The number of anilines is 2. The van der Waals surface area contributed by atoms with Gasteiger partial charge in [-0.3, -0.25) is 4.79 Å². The van der Waals surface area contributed by atoms with E-state index in [1.165, 1.54) is 11.3 Å². The minimum atomic E-state index is -0.129. The Bertz CT molecular complexity index is 405. The van der Waals surface area contributed by atoms with Crippen LogP contribution in [0.15, 0.2) is 0 Å². The van der Waals surface area contributed by atoms with Crippen LogP contribution in [0.4, 0.5) is 10.9 Å². The van der Waals surface area contributed by atoms with Gasteiger partial charge in [-0.25, -0.2) is 4.98 Å². The fraction of sp³-hybridized carbons (Fsp3) is 0.667. The average Bonchev–Trinajstić information content (AvgIpc) is 2.71. The van der Waals surface area contributed by atoms with E-state index < -0.39 is 0 Å². The van der Waals surface area contributed by atoms with E-state index in [0.29, 0.717) is 10.7 Å². The number of nitrogens with zero attached hydrogens (tertiary/aromatic N) is 2. The number of rotatable bonds is 6. The number of carbonyl (C=O) groups is 1. The molecule has 102 valence electrons. The summed E-state index contributed by atoms with van der Waals surface area (Å²) in [6.07, 6.45) is 1.93. The first kappa shape index (κ1) is 14.8. The zero-order valence-electron chi connectivity index (χ0n) is 11.5. The third-order valence-electron chi connectivity index (χ3n) is 2.72. The standard InChI is InChI=1S/C12H22N4OS/c1-5-7-16(4)12-15-10(13)9(18-12)11(17)14-8(3)6-2/h8H,5-7,13H2,1-4H3,(H,14,17). The van der Waals surface area contributed by atoms with E-state index in [9.17, 15) is 4.79 Å². The number of aromatic nitrogens is 1. The highest BCUT2D eigenvalue weighted by Crippen LogP contribution is 2.27. The van der Waals surface area contributed by atoms with Gasteiger partial charge in [0.25, 0.3) is 5.91 Å². The second-order valence-electron chi connectivity index (χ2n) is 4.42. The molecule has 1 aromatic rings. The number of carbonyl (C=O) groups excluding carboxylic acids is 1. The first-order valence-electron chi connectivity index (χ1n) is 6.27. The highest BCUT2D eigenvalue weighted by molar-refractivity contribution is 7.18. The van der Waals surface area contributed by atoms with Crippen LogP contribution in [0, 0.1) is 0 Å². The normalized spacial score (nSPS) is 12.2. The molecule has 0 aliphatic carbocycles. The van der Waals surface area contributed by atoms with Crippen molar-refractivity contribution in [2.24, 2.45) is 0 Å². The van der Waals surface area contributed by atoms with Crippen molar-refractivity contribution in [1.82, 2.24) is 10.3 Å². The molecule has 0 radical (unpaired) electrons. The van der Waals surface area contributed by atoms with Crippen molar-refractivity contribution in [3.63, 3.8) is 0 Å². The molecule has 0 spiro atoms. The lowest BCUT2D eigenvalue weighted by Crippen LogP contribution is -2.31. The summed E-state index contributed by atoms with van der Waals surface area (Å²) >= 11 is 1.35. The maximum Gasteiger partial charge on any atom is 0.265 e. The van der Waals surface area contributed by atoms with Crippen LogP contribution >= 0.6 is 11.3 Å². The van der Waals surface area contributed by atoms with Crippen LogP contribution in [0.5, 0.6) is 0 Å². The Kier molecular flexibility index (Phi) is 5.40. The minimum Gasteiger partial charge on any atom is -0.382 e. The number of hydrogen-bond donors (Lipinski definition) is 2. The second kappa shape index (κ2) is 6.58. The van der Waals surface area contributed by atoms with E-state index in [-0.39, 0.29) is 11.9 Å². The quantitative estimate of drug-likeness (QED) is 0.830. The van der Waals surface area contributed by atoms with E-state index in [4.69, 9.17) is 5.73 Å². The number of thiazole rings is 1. The van der Waals surface area contributed by atoms with E-state index >= 15 is 0 Å². The fourth-order valence-electron chi connectivity index (χ4n) is 1.47. The van der Waals surface area contributed by atoms with Crippen LogP contribution < -0.4 is 16.0 Å². The predicted octanol–water partition coefficient (Wildman–Crippen LogP) is 2.10. The Morgan fingerprint density at radius 2 is 2.22 bits per heavy atom. The highest BCUT2D eigenvalue weighted by Gasteiger charge is 2.18. The SMILES string of the molecule is CCCN(C)c1nc(N)c(C(=O)NC(C)CC)s1. The van der Waals surface area contributed by atoms with Crippen molar-refractivity contribution in [1.29, 1.82) is 0 Å². The van der Waals surface area contributed by atoms with Gasteiger partial charge in [0.1, 0.15) is 10.7 Å². The van der Waals surface area contributed by atoms with Crippen molar-refractivity contribution < 1.29 is 4.79 Å². The third kappa shape index (κ3) is 3.60. The molecule has 1 unspecified atom stereocenters. The average molecular weight is 270 g/mol. The monoisotopic (exact) mass is 270 g/mol. The van der Waals surface area contributed by atoms with Gasteiger partial charge in [0.2, 0.25) is 0 Å². The summed E-state index contributed by atoms with van der Waals surface area (Å²) < 4.78 is 0. The lowest BCUT2D eigenvalue weighted by atomic mass is 10.2. The number of hydrogen-bond acceptors (Lipinski definition) is 5. The van der Waals surface area contributed by atoms with Gasteiger partial charge < -0.3 is 16.0 Å². The van der Waals surface area contributed by atoms with Gasteiger partial charge in [0, 0.05) is 19.6 Å². The van der Waals surface area contributed by atoms with E-state index in [2.05, 4.69) is 17.2 Å². The van der Waals surface area contributed by atoms with Crippen LogP contribution in [0.1, 0.15) is 43.3 Å². The molecular formula is C12H22N4OS. The minimum absolute atomic E-state index is 0.129. The molecule has 1 amide bonds. The molecule has 0 aliphatic heterocycles. The van der Waals surface area contributed by atoms with Crippen LogP contribution in [-0.2, 0) is 0 Å². The Balaban J connectivity index is 2.81. The molecular weight excluding hydrogens is 248 g/mol. The van der Waals surface area contributed by atoms with Crippen molar-refractivity contribution in [2.45, 2.75) is 39.7 Å². The maximum atomic E-state index is 12.0. The first-order valence-corrected chi connectivity index (χ1v) is 7.09. The summed E-state index contributed by atoms with van der Waals surface area (Å²) in [4.78, 5) is 18.8. The molecule has 1 heterocycles. The molecule has 0 saturated heterocycles. The molecule has 0 fully saturated rings. The van der Waals surface area contributed by atoms with Crippen molar-refractivity contribution in [3.05, 3.63) is 4.88 Å². The molecule has 5 nitrogen and oxygen atoms in total. The van der Waals surface area contributed by atoms with Crippen molar-refractivity contribution in [2.75, 3.05) is 24.2 Å². The number of nitrogen functional groups attached to an aromatic ring is 1. The van der Waals surface area contributed by atoms with Gasteiger partial charge in [0.05, 0.1) is 0 Å². The van der Waals surface area contributed by atoms with Crippen molar-refractivity contribution >= 4 is 28.2 Å². The molecule has 18 heavy (non-hydrogen) atoms. The van der Waals surface area contributed by atoms with Gasteiger partial charge in [0.15, 0.2) is 5.13 Å². The Morgan fingerprint density at radius 1 is 1.56 bits per heavy atom. The topological polar surface area (TPSA) is 71.2 Å². The number of amides is 1. The lowest BCUT2D eigenvalue weighted by molar-refractivity contribution is 0.0944. The Morgan fingerprint density at radius 3 is 2.78 bits per heavy atom. The summed E-state index contributed by atoms with van der Waals surface area (Å²) in [6, 6.07) is 0.149. The summed E-state index contributed by atoms with van der Waals surface area (Å²) in [5, 5.41) is 3.70. The fourth-order valence-corrected chi connectivity index (χ4v) is 2.34. The van der Waals surface area contributed by atoms with Gasteiger partial charge in [-0.05, 0) is 19.8 Å². The molecule has 0 aromatic carbocycles. The summed E-state index contributed by atoms with van der Waals surface area (Å²) in [5.74, 6) is 0.189. The summed E-state index contributed by atoms with van der Waals surface area (Å²) in [5.41, 5.74) is 5.81. The van der Waals surface area contributed by atoms with Crippen LogP contribution in [0.2, 0.25) is 0 Å². The lowest BCUT2D eigenvalue weighted by Gasteiger charge is -2.13. The molecule has 0 saturated carbocycles. The molecule has 1 atom stereocenters. The smallest absolute Gasteiger partial charge is 0.265 e. The van der Waals surface area contributed by atoms with E-state index in [1.807, 2.05) is 25.8 Å². The van der Waals surface area contributed by atoms with Crippen molar-refractivity contribution in [3.8, 4) is 0 Å². The molecule has 0 aliphatic rings. The van der Waals surface area contributed by atoms with Crippen LogP contribution in [-0.4, -0.2) is 30.5 Å². The van der Waals surface area contributed by atoms with Gasteiger partial charge in [-0.15, -0.1) is 0 Å². The molecule has 3 N–H and O–H groups in total. The summed E-state index contributed by atoms with van der Waals surface area (Å²) in [7, 11) is 1.96. The Hall–Kier alpha value is -1.30. The van der Waals surface area contributed by atoms with E-state index in [0.717, 1.165) is 24.5 Å². The predicted molar refractivity (Wildman–Crippen MR) is 77.3 cm³/mol. The first-order chi connectivity index (χ1) is 8.49. The molecule has 1 aromatic heterocycles. The van der Waals surface area contributed by atoms with Crippen LogP contribution in [0.25, 0.3) is 0 Å². The van der Waals surface area contributed by atoms with Gasteiger partial charge in [-0.2, -0.15) is 0 Å². The zero-order valence-corrected chi connectivity index (χ0v) is 12.3. The Labute approximate surface area is 112 Å². The highest BCUT2D eigenvalue weighted by atomic mass is 32.1. The summed E-state index contributed by atoms with van der Waals surface area (Å²) in [6.45, 7) is 7.00. The van der Waals surface area contributed by atoms with E-state index in [1.54, 1.807) is 0 Å². The molecule has 0 bridgehead atoms. The van der Waals surface area contributed by atoms with Crippen LogP contribution in [0.3, 0.4) is 0 Å². The molecule has 1 rings (SSSR count). The number of nitrogens with two attached hydrogens (primary N) is 1. The maximum absolute atomic E-state index is 12.0. The third-order valence-corrected chi connectivity index (χ3v) is 3.91. The second-order valence-corrected chi connectivity index (χ2v) is 5.39. The molecule has 6 heteroatoms. The number of nitrogens with one attached hydrogen (secondary N) is 1. The largest absolute Gasteiger partial charge is 0.382 e. The van der Waals surface area contributed by atoms with Gasteiger partial charge >= 0.3 is 0 Å². The zero-order chi connectivity index (χ0) is 13.7.